The van der Waals surface area contributed by atoms with E-state index >= 15 is 0 Å². The zero-order valence-electron chi connectivity index (χ0n) is 9.05. The predicted octanol–water partition coefficient (Wildman–Crippen LogP) is 2.56. The summed E-state index contributed by atoms with van der Waals surface area (Å²) in [5.74, 6) is 0.817. The van der Waals surface area contributed by atoms with Crippen LogP contribution in [0.2, 0.25) is 0 Å². The Kier molecular flexibility index (Phi) is 1.84. The van der Waals surface area contributed by atoms with Crippen LogP contribution in [-0.4, -0.2) is 15.0 Å². The fourth-order valence-electron chi connectivity index (χ4n) is 1.42. The van der Waals surface area contributed by atoms with Crippen LogP contribution in [0.1, 0.15) is 32.3 Å². The summed E-state index contributed by atoms with van der Waals surface area (Å²) in [4.78, 5) is 11.9. The first-order valence-corrected chi connectivity index (χ1v) is 4.80. The van der Waals surface area contributed by atoms with Crippen LogP contribution in [0.15, 0.2) is 12.3 Å². The van der Waals surface area contributed by atoms with E-state index in [9.17, 15) is 0 Å². The normalized spacial score (nSPS) is 12.3. The molecule has 0 unspecified atom stereocenters. The Morgan fingerprint density at radius 3 is 2.64 bits per heavy atom. The first-order chi connectivity index (χ1) is 6.47. The number of rotatable bonds is 0. The highest BCUT2D eigenvalue weighted by Crippen LogP contribution is 2.24. The molecule has 14 heavy (non-hydrogen) atoms. The Labute approximate surface area is 83.6 Å². The molecule has 3 heteroatoms. The van der Waals surface area contributed by atoms with Crippen molar-refractivity contribution in [1.29, 1.82) is 0 Å². The van der Waals surface area contributed by atoms with Crippen LogP contribution in [0.5, 0.6) is 0 Å². The average molecular weight is 189 g/mol. The second-order valence-electron chi connectivity index (χ2n) is 4.65. The molecule has 0 aliphatic carbocycles. The van der Waals surface area contributed by atoms with Gasteiger partial charge in [-0.2, -0.15) is 0 Å². The molecule has 3 nitrogen and oxygen atoms in total. The zero-order chi connectivity index (χ0) is 10.3. The zero-order valence-corrected chi connectivity index (χ0v) is 9.05. The molecule has 74 valence electrons. The number of hydrogen-bond donors (Lipinski definition) is 1. The average Bonchev–Trinajstić information content (AvgIpc) is 2.45. The van der Waals surface area contributed by atoms with Crippen LogP contribution in [-0.2, 0) is 5.41 Å². The van der Waals surface area contributed by atoms with Crippen LogP contribution in [0.4, 0.5) is 0 Å². The van der Waals surface area contributed by atoms with Gasteiger partial charge in [0.15, 0.2) is 0 Å². The Bertz CT molecular complexity index is 463. The molecule has 0 aliphatic heterocycles. The third-order valence-corrected chi connectivity index (χ3v) is 2.30. The number of fused-ring (bicyclic) bond motifs is 1. The van der Waals surface area contributed by atoms with Crippen molar-refractivity contribution in [2.45, 2.75) is 33.1 Å². The van der Waals surface area contributed by atoms with Crippen molar-refractivity contribution >= 4 is 11.0 Å². The third kappa shape index (κ3) is 1.50. The van der Waals surface area contributed by atoms with Gasteiger partial charge in [-0.3, -0.25) is 0 Å². The Hall–Kier alpha value is -1.38. The number of nitrogens with one attached hydrogen (secondary N) is 1. The predicted molar refractivity (Wildman–Crippen MR) is 57.3 cm³/mol. The summed E-state index contributed by atoms with van der Waals surface area (Å²) in [6, 6.07) is 2.10. The van der Waals surface area contributed by atoms with Crippen molar-refractivity contribution < 1.29 is 0 Å². The molecule has 0 aliphatic rings. The van der Waals surface area contributed by atoms with Gasteiger partial charge in [0.2, 0.25) is 0 Å². The van der Waals surface area contributed by atoms with Gasteiger partial charge >= 0.3 is 0 Å². The first-order valence-electron chi connectivity index (χ1n) is 4.80. The fraction of sp³-hybridized carbons (Fsp3) is 0.455. The highest BCUT2D eigenvalue weighted by atomic mass is 14.9. The molecule has 1 N–H and O–H groups in total. The van der Waals surface area contributed by atoms with E-state index in [1.807, 2.05) is 13.1 Å². The lowest BCUT2D eigenvalue weighted by atomic mass is 9.93. The molecule has 0 saturated carbocycles. The van der Waals surface area contributed by atoms with Crippen molar-refractivity contribution in [3.63, 3.8) is 0 Å². The van der Waals surface area contributed by atoms with Gasteiger partial charge in [0.25, 0.3) is 0 Å². The summed E-state index contributed by atoms with van der Waals surface area (Å²) in [6.07, 6.45) is 1.84. The minimum absolute atomic E-state index is 0.134. The maximum absolute atomic E-state index is 4.37. The SMILES string of the molecule is Cc1ncc2[nH]c(C(C)(C)C)cc2n1. The smallest absolute Gasteiger partial charge is 0.126 e. The van der Waals surface area contributed by atoms with Crippen LogP contribution < -0.4 is 0 Å². The molecular weight excluding hydrogens is 174 g/mol. The molecule has 0 amide bonds. The lowest BCUT2D eigenvalue weighted by Gasteiger charge is -2.15. The van der Waals surface area contributed by atoms with E-state index < -0.39 is 0 Å². The van der Waals surface area contributed by atoms with E-state index in [2.05, 4.69) is 41.8 Å². The molecule has 0 bridgehead atoms. The summed E-state index contributed by atoms with van der Waals surface area (Å²) >= 11 is 0. The van der Waals surface area contributed by atoms with Gasteiger partial charge in [0.1, 0.15) is 5.82 Å². The maximum Gasteiger partial charge on any atom is 0.126 e. The molecule has 0 radical (unpaired) electrons. The number of aryl methyl sites for hydroxylation is 1. The topological polar surface area (TPSA) is 41.6 Å². The van der Waals surface area contributed by atoms with Crippen LogP contribution in [0, 0.1) is 6.92 Å². The van der Waals surface area contributed by atoms with Crippen molar-refractivity contribution in [3.8, 4) is 0 Å². The van der Waals surface area contributed by atoms with Gasteiger partial charge in [0.05, 0.1) is 17.2 Å². The molecule has 0 fully saturated rings. The molecular formula is C11H15N3. The van der Waals surface area contributed by atoms with Gasteiger partial charge in [-0.1, -0.05) is 20.8 Å². The van der Waals surface area contributed by atoms with Crippen LogP contribution >= 0.6 is 0 Å². The van der Waals surface area contributed by atoms with Gasteiger partial charge in [-0.15, -0.1) is 0 Å². The molecule has 2 heterocycles. The Morgan fingerprint density at radius 2 is 2.00 bits per heavy atom. The van der Waals surface area contributed by atoms with Crippen molar-refractivity contribution in [1.82, 2.24) is 15.0 Å². The third-order valence-electron chi connectivity index (χ3n) is 2.30. The maximum atomic E-state index is 4.37. The number of H-pyrrole nitrogens is 1. The fourth-order valence-corrected chi connectivity index (χ4v) is 1.42. The van der Waals surface area contributed by atoms with E-state index in [0.717, 1.165) is 16.9 Å². The highest BCUT2D eigenvalue weighted by Gasteiger charge is 2.16. The summed E-state index contributed by atoms with van der Waals surface area (Å²) in [6.45, 7) is 8.44. The van der Waals surface area contributed by atoms with Crippen molar-refractivity contribution in [2.24, 2.45) is 0 Å². The molecule has 0 atom stereocenters. The number of aromatic amines is 1. The molecule has 2 aromatic heterocycles. The molecule has 2 rings (SSSR count). The van der Waals surface area contributed by atoms with E-state index in [1.165, 1.54) is 5.69 Å². The second kappa shape index (κ2) is 2.80. The lowest BCUT2D eigenvalue weighted by molar-refractivity contribution is 0.574. The summed E-state index contributed by atoms with van der Waals surface area (Å²) in [7, 11) is 0. The largest absolute Gasteiger partial charge is 0.355 e. The number of nitrogens with zero attached hydrogens (tertiary/aromatic N) is 2. The standard InChI is InChI=1S/C11H15N3/c1-7-12-6-9-8(13-7)5-10(14-9)11(2,3)4/h5-6,14H,1-4H3. The second-order valence-corrected chi connectivity index (χ2v) is 4.65. The van der Waals surface area contributed by atoms with Crippen LogP contribution in [0.25, 0.3) is 11.0 Å². The molecule has 0 aromatic carbocycles. The quantitative estimate of drug-likeness (QED) is 0.692. The Balaban J connectivity index is 2.63. The summed E-state index contributed by atoms with van der Waals surface area (Å²) in [5.41, 5.74) is 3.35. The van der Waals surface area contributed by atoms with Gasteiger partial charge in [-0.25, -0.2) is 9.97 Å². The first kappa shape index (κ1) is 9.19. The highest BCUT2D eigenvalue weighted by molar-refractivity contribution is 5.75. The van der Waals surface area contributed by atoms with Gasteiger partial charge < -0.3 is 4.98 Å². The van der Waals surface area contributed by atoms with Crippen molar-refractivity contribution in [3.05, 3.63) is 23.8 Å². The van der Waals surface area contributed by atoms with Gasteiger partial charge in [-0.05, 0) is 13.0 Å². The molecule has 2 aromatic rings. The van der Waals surface area contributed by atoms with Gasteiger partial charge in [0, 0.05) is 11.1 Å². The summed E-state index contributed by atoms with van der Waals surface area (Å²) in [5, 5.41) is 0. The van der Waals surface area contributed by atoms with E-state index in [0.29, 0.717) is 0 Å². The monoisotopic (exact) mass is 189 g/mol. The number of hydrogen-bond acceptors (Lipinski definition) is 2. The van der Waals surface area contributed by atoms with Crippen molar-refractivity contribution in [2.75, 3.05) is 0 Å². The van der Waals surface area contributed by atoms with E-state index in [4.69, 9.17) is 0 Å². The number of aromatic nitrogens is 3. The Morgan fingerprint density at radius 1 is 1.29 bits per heavy atom. The van der Waals surface area contributed by atoms with Crippen LogP contribution in [0.3, 0.4) is 0 Å². The lowest BCUT2D eigenvalue weighted by Crippen LogP contribution is -2.10. The van der Waals surface area contributed by atoms with E-state index in [1.54, 1.807) is 0 Å². The minimum atomic E-state index is 0.134. The molecule has 0 saturated heterocycles. The minimum Gasteiger partial charge on any atom is -0.355 e. The summed E-state index contributed by atoms with van der Waals surface area (Å²) < 4.78 is 0. The molecule has 0 spiro atoms. The van der Waals surface area contributed by atoms with E-state index in [-0.39, 0.29) is 5.41 Å².